The van der Waals surface area contributed by atoms with Crippen LogP contribution in [0.1, 0.15) is 22.8 Å². The molecule has 2 aromatic rings. The third-order valence-electron chi connectivity index (χ3n) is 2.87. The molecule has 0 atom stereocenters. The van der Waals surface area contributed by atoms with Gasteiger partial charge >= 0.3 is 0 Å². The van der Waals surface area contributed by atoms with Crippen LogP contribution in [0.5, 0.6) is 0 Å². The highest BCUT2D eigenvalue weighted by atomic mass is 16.1. The topological polar surface area (TPSA) is 80.0 Å². The Balaban J connectivity index is 2.26. The van der Waals surface area contributed by atoms with E-state index < -0.39 is 0 Å². The molecule has 5 nitrogen and oxygen atoms in total. The fourth-order valence-electron chi connectivity index (χ4n) is 1.85. The van der Waals surface area contributed by atoms with Crippen LogP contribution < -0.4 is 16.6 Å². The maximum atomic E-state index is 12.2. The van der Waals surface area contributed by atoms with Crippen molar-refractivity contribution in [3.8, 4) is 0 Å². The number of amides is 1. The molecule has 0 aliphatic heterocycles. The van der Waals surface area contributed by atoms with E-state index in [4.69, 9.17) is 5.84 Å². The van der Waals surface area contributed by atoms with Gasteiger partial charge in [0, 0.05) is 11.9 Å². The van der Waals surface area contributed by atoms with E-state index in [1.165, 1.54) is 6.20 Å². The number of rotatable bonds is 4. The van der Waals surface area contributed by atoms with Gasteiger partial charge in [0.25, 0.3) is 5.91 Å². The van der Waals surface area contributed by atoms with Crippen LogP contribution in [0.2, 0.25) is 0 Å². The fourth-order valence-corrected chi connectivity index (χ4v) is 1.85. The van der Waals surface area contributed by atoms with Crippen LogP contribution in [-0.2, 0) is 6.42 Å². The number of hydrogen-bond acceptors (Lipinski definition) is 4. The predicted octanol–water partition coefficient (Wildman–Crippen LogP) is 2.18. The van der Waals surface area contributed by atoms with Gasteiger partial charge < -0.3 is 10.7 Å². The van der Waals surface area contributed by atoms with Gasteiger partial charge in [-0.05, 0) is 24.1 Å². The molecule has 0 saturated heterocycles. The lowest BCUT2D eigenvalue weighted by atomic mass is 10.1. The van der Waals surface area contributed by atoms with Crippen molar-refractivity contribution in [2.45, 2.75) is 13.3 Å². The van der Waals surface area contributed by atoms with Gasteiger partial charge in [0.05, 0.1) is 17.4 Å². The van der Waals surface area contributed by atoms with Crippen molar-refractivity contribution < 1.29 is 4.79 Å². The maximum absolute atomic E-state index is 12.2. The minimum atomic E-state index is -0.212. The molecule has 0 unspecified atom stereocenters. The van der Waals surface area contributed by atoms with E-state index in [1.54, 1.807) is 12.3 Å². The number of carbonyl (C=O) groups excluding carboxylic acids is 1. The summed E-state index contributed by atoms with van der Waals surface area (Å²) < 4.78 is 0. The van der Waals surface area contributed by atoms with Crippen molar-refractivity contribution in [3.05, 3.63) is 53.9 Å². The van der Waals surface area contributed by atoms with E-state index in [1.807, 2.05) is 31.2 Å². The first kappa shape index (κ1) is 13.0. The molecule has 5 heteroatoms. The molecule has 0 spiro atoms. The Morgan fingerprint density at radius 1 is 1.26 bits per heavy atom. The summed E-state index contributed by atoms with van der Waals surface area (Å²) in [6.07, 6.45) is 3.93. The van der Waals surface area contributed by atoms with Gasteiger partial charge in [0.2, 0.25) is 0 Å². The number of para-hydroxylation sites is 1. The lowest BCUT2D eigenvalue weighted by molar-refractivity contribution is 0.102. The second-order valence-corrected chi connectivity index (χ2v) is 4.03. The Morgan fingerprint density at radius 2 is 2.05 bits per heavy atom. The molecule has 2 rings (SSSR count). The molecule has 1 heterocycles. The van der Waals surface area contributed by atoms with E-state index in [9.17, 15) is 4.79 Å². The highest BCUT2D eigenvalue weighted by Gasteiger charge is 2.12. The van der Waals surface area contributed by atoms with Crippen LogP contribution in [0.15, 0.2) is 42.7 Å². The van der Waals surface area contributed by atoms with Gasteiger partial charge in [0.1, 0.15) is 0 Å². The molecule has 0 radical (unpaired) electrons. The largest absolute Gasteiger partial charge is 0.322 e. The maximum Gasteiger partial charge on any atom is 0.257 e. The predicted molar refractivity (Wildman–Crippen MR) is 75.8 cm³/mol. The SMILES string of the molecule is CCc1ccccc1NC(=O)c1ccncc1NN. The summed E-state index contributed by atoms with van der Waals surface area (Å²) in [5.41, 5.74) is 5.33. The molecule has 98 valence electrons. The summed E-state index contributed by atoms with van der Waals surface area (Å²) in [4.78, 5) is 16.1. The molecule has 19 heavy (non-hydrogen) atoms. The average Bonchev–Trinajstić information content (AvgIpc) is 2.47. The summed E-state index contributed by atoms with van der Waals surface area (Å²) in [5.74, 6) is 5.16. The molecular weight excluding hydrogens is 240 g/mol. The Labute approximate surface area is 111 Å². The molecule has 0 saturated carbocycles. The normalized spacial score (nSPS) is 10.0. The zero-order chi connectivity index (χ0) is 13.7. The minimum absolute atomic E-state index is 0.212. The molecule has 0 fully saturated rings. The smallest absolute Gasteiger partial charge is 0.257 e. The number of aromatic nitrogens is 1. The zero-order valence-electron chi connectivity index (χ0n) is 10.7. The molecule has 1 amide bonds. The standard InChI is InChI=1S/C14H16N4O/c1-2-10-5-3-4-6-12(10)17-14(19)11-7-8-16-9-13(11)18-15/h3-9,18H,2,15H2,1H3,(H,17,19). The van der Waals surface area contributed by atoms with Crippen LogP contribution >= 0.6 is 0 Å². The van der Waals surface area contributed by atoms with E-state index in [0.717, 1.165) is 17.7 Å². The Hall–Kier alpha value is -2.40. The molecule has 4 N–H and O–H groups in total. The van der Waals surface area contributed by atoms with Crippen molar-refractivity contribution in [3.63, 3.8) is 0 Å². The molecule has 0 aliphatic carbocycles. The van der Waals surface area contributed by atoms with Crippen molar-refractivity contribution in [1.82, 2.24) is 4.98 Å². The number of nitrogens with zero attached hydrogens (tertiary/aromatic N) is 1. The average molecular weight is 256 g/mol. The minimum Gasteiger partial charge on any atom is -0.322 e. The first-order chi connectivity index (χ1) is 9.26. The van der Waals surface area contributed by atoms with Gasteiger partial charge in [-0.15, -0.1) is 0 Å². The number of nitrogens with one attached hydrogen (secondary N) is 2. The number of benzene rings is 1. The first-order valence-corrected chi connectivity index (χ1v) is 6.06. The molecule has 0 aliphatic rings. The van der Waals surface area contributed by atoms with Crippen molar-refractivity contribution in [1.29, 1.82) is 0 Å². The van der Waals surface area contributed by atoms with Crippen LogP contribution in [-0.4, -0.2) is 10.9 Å². The molecule has 0 bridgehead atoms. The second kappa shape index (κ2) is 5.97. The third kappa shape index (κ3) is 2.89. The van der Waals surface area contributed by atoms with E-state index in [0.29, 0.717) is 11.3 Å². The number of hydrogen-bond donors (Lipinski definition) is 3. The number of pyridine rings is 1. The summed E-state index contributed by atoms with van der Waals surface area (Å²) in [5, 5.41) is 2.89. The number of anilines is 2. The van der Waals surface area contributed by atoms with E-state index in [-0.39, 0.29) is 5.91 Å². The van der Waals surface area contributed by atoms with Crippen LogP contribution in [0.25, 0.3) is 0 Å². The number of aryl methyl sites for hydroxylation is 1. The van der Waals surface area contributed by atoms with Crippen LogP contribution in [0.4, 0.5) is 11.4 Å². The first-order valence-electron chi connectivity index (χ1n) is 6.06. The van der Waals surface area contributed by atoms with Crippen molar-refractivity contribution in [2.24, 2.45) is 5.84 Å². The van der Waals surface area contributed by atoms with Crippen LogP contribution in [0, 0.1) is 0 Å². The number of nitrogen functional groups attached to an aromatic ring is 1. The monoisotopic (exact) mass is 256 g/mol. The third-order valence-corrected chi connectivity index (χ3v) is 2.87. The molecular formula is C14H16N4O. The number of nitrogens with two attached hydrogens (primary N) is 1. The van der Waals surface area contributed by atoms with E-state index >= 15 is 0 Å². The van der Waals surface area contributed by atoms with Crippen molar-refractivity contribution >= 4 is 17.3 Å². The molecule has 1 aromatic carbocycles. The quantitative estimate of drug-likeness (QED) is 0.578. The summed E-state index contributed by atoms with van der Waals surface area (Å²) >= 11 is 0. The summed E-state index contributed by atoms with van der Waals surface area (Å²) in [6, 6.07) is 9.34. The van der Waals surface area contributed by atoms with E-state index in [2.05, 4.69) is 15.7 Å². The second-order valence-electron chi connectivity index (χ2n) is 4.03. The number of carbonyl (C=O) groups is 1. The Bertz CT molecular complexity index is 583. The molecule has 1 aromatic heterocycles. The summed E-state index contributed by atoms with van der Waals surface area (Å²) in [6.45, 7) is 2.05. The van der Waals surface area contributed by atoms with Crippen molar-refractivity contribution in [2.75, 3.05) is 10.7 Å². The van der Waals surface area contributed by atoms with Gasteiger partial charge in [-0.1, -0.05) is 25.1 Å². The van der Waals surface area contributed by atoms with Gasteiger partial charge in [0.15, 0.2) is 0 Å². The zero-order valence-corrected chi connectivity index (χ0v) is 10.7. The van der Waals surface area contributed by atoms with Crippen LogP contribution in [0.3, 0.4) is 0 Å². The fraction of sp³-hybridized carbons (Fsp3) is 0.143. The Morgan fingerprint density at radius 3 is 2.79 bits per heavy atom. The van der Waals surface area contributed by atoms with Gasteiger partial charge in [-0.2, -0.15) is 0 Å². The van der Waals surface area contributed by atoms with Gasteiger partial charge in [-0.3, -0.25) is 15.6 Å². The van der Waals surface area contributed by atoms with Gasteiger partial charge in [-0.25, -0.2) is 0 Å². The highest BCUT2D eigenvalue weighted by Crippen LogP contribution is 2.18. The highest BCUT2D eigenvalue weighted by molar-refractivity contribution is 6.08. The lowest BCUT2D eigenvalue weighted by Gasteiger charge is -2.11. The number of hydrazine groups is 1. The summed E-state index contributed by atoms with van der Waals surface area (Å²) in [7, 11) is 0. The lowest BCUT2D eigenvalue weighted by Crippen LogP contribution is -2.18. The Kier molecular flexibility index (Phi) is 4.10.